The van der Waals surface area contributed by atoms with Crippen LogP contribution in [0.25, 0.3) is 0 Å². The molecule has 0 aromatic heterocycles. The standard InChI is InChI=1S/C19H23ClN2O4/c20-15-3-1-14(2-4-15)12-22-16(5-6-17(22)23)18(24)19(25)21-11-13-7-9-26-10-8-13/h1-4,13,16H,5-12H2,(H,21,25). The summed E-state index contributed by atoms with van der Waals surface area (Å²) in [7, 11) is 0. The maximum Gasteiger partial charge on any atom is 0.289 e. The number of nitrogens with one attached hydrogen (secondary N) is 1. The first-order valence-electron chi connectivity index (χ1n) is 8.98. The van der Waals surface area contributed by atoms with E-state index in [1.54, 1.807) is 12.1 Å². The van der Waals surface area contributed by atoms with Gasteiger partial charge in [0.2, 0.25) is 11.7 Å². The third-order valence-corrected chi connectivity index (χ3v) is 5.26. The molecule has 2 amide bonds. The van der Waals surface area contributed by atoms with Crippen molar-refractivity contribution in [3.63, 3.8) is 0 Å². The molecule has 0 radical (unpaired) electrons. The molecule has 0 saturated carbocycles. The van der Waals surface area contributed by atoms with Crippen molar-refractivity contribution in [2.75, 3.05) is 19.8 Å². The van der Waals surface area contributed by atoms with Crippen molar-refractivity contribution in [3.8, 4) is 0 Å². The normalized spacial score (nSPS) is 21.0. The molecule has 26 heavy (non-hydrogen) atoms. The van der Waals surface area contributed by atoms with E-state index in [0.717, 1.165) is 18.4 Å². The second kappa shape index (κ2) is 8.64. The molecule has 1 N–H and O–H groups in total. The minimum atomic E-state index is -0.687. The van der Waals surface area contributed by atoms with Crippen molar-refractivity contribution in [2.45, 2.75) is 38.3 Å². The van der Waals surface area contributed by atoms with E-state index in [-0.39, 0.29) is 12.3 Å². The Labute approximate surface area is 157 Å². The quantitative estimate of drug-likeness (QED) is 0.767. The SMILES string of the molecule is O=C(NCC1CCOCC1)C(=O)C1CCC(=O)N1Cc1ccc(Cl)cc1. The van der Waals surface area contributed by atoms with Gasteiger partial charge in [0, 0.05) is 37.7 Å². The van der Waals surface area contributed by atoms with Crippen molar-refractivity contribution in [1.29, 1.82) is 0 Å². The highest BCUT2D eigenvalue weighted by molar-refractivity contribution is 6.38. The number of hydrogen-bond donors (Lipinski definition) is 1. The van der Waals surface area contributed by atoms with Crippen molar-refractivity contribution >= 4 is 29.2 Å². The van der Waals surface area contributed by atoms with Gasteiger partial charge in [0.05, 0.1) is 0 Å². The maximum atomic E-state index is 12.6. The highest BCUT2D eigenvalue weighted by Gasteiger charge is 2.38. The van der Waals surface area contributed by atoms with E-state index in [1.165, 1.54) is 4.90 Å². The molecule has 0 bridgehead atoms. The molecule has 2 heterocycles. The number of likely N-dealkylation sites (tertiary alicyclic amines) is 1. The van der Waals surface area contributed by atoms with Crippen LogP contribution in [0.5, 0.6) is 0 Å². The Hall–Kier alpha value is -1.92. The Balaban J connectivity index is 1.58. The second-order valence-corrected chi connectivity index (χ2v) is 7.27. The van der Waals surface area contributed by atoms with Crippen LogP contribution in [0.15, 0.2) is 24.3 Å². The lowest BCUT2D eigenvalue weighted by atomic mass is 10.00. The van der Waals surface area contributed by atoms with Crippen LogP contribution >= 0.6 is 11.6 Å². The van der Waals surface area contributed by atoms with Crippen LogP contribution in [0.2, 0.25) is 5.02 Å². The van der Waals surface area contributed by atoms with E-state index in [4.69, 9.17) is 16.3 Å². The van der Waals surface area contributed by atoms with Crippen LogP contribution in [0.3, 0.4) is 0 Å². The zero-order valence-corrected chi connectivity index (χ0v) is 15.3. The summed E-state index contributed by atoms with van der Waals surface area (Å²) >= 11 is 5.88. The van der Waals surface area contributed by atoms with Gasteiger partial charge in [0.1, 0.15) is 6.04 Å². The number of carbonyl (C=O) groups excluding carboxylic acids is 3. The summed E-state index contributed by atoms with van der Waals surface area (Å²) in [6.45, 7) is 2.17. The van der Waals surface area contributed by atoms with Crippen LogP contribution in [0.4, 0.5) is 0 Å². The summed E-state index contributed by atoms with van der Waals surface area (Å²) in [6, 6.07) is 6.44. The number of Topliss-reactive ketones (excluding diaryl/α,β-unsaturated/α-hetero) is 1. The highest BCUT2D eigenvalue weighted by Crippen LogP contribution is 2.23. The van der Waals surface area contributed by atoms with Gasteiger partial charge in [0.15, 0.2) is 0 Å². The van der Waals surface area contributed by atoms with Gasteiger partial charge in [-0.2, -0.15) is 0 Å². The number of hydrogen-bond acceptors (Lipinski definition) is 4. The Kier molecular flexibility index (Phi) is 6.27. The van der Waals surface area contributed by atoms with Crippen LogP contribution in [0, 0.1) is 5.92 Å². The lowest BCUT2D eigenvalue weighted by Crippen LogP contribution is -2.46. The lowest BCUT2D eigenvalue weighted by Gasteiger charge is -2.25. The molecule has 7 heteroatoms. The number of rotatable bonds is 6. The van der Waals surface area contributed by atoms with Crippen LogP contribution in [-0.4, -0.2) is 48.3 Å². The molecule has 2 fully saturated rings. The molecule has 1 unspecified atom stereocenters. The molecule has 140 valence electrons. The molecule has 1 aromatic carbocycles. The summed E-state index contributed by atoms with van der Waals surface area (Å²) in [4.78, 5) is 38.5. The van der Waals surface area contributed by atoms with Crippen molar-refractivity contribution in [1.82, 2.24) is 10.2 Å². The first-order chi connectivity index (χ1) is 12.5. The Bertz CT molecular complexity index is 671. The fourth-order valence-corrected chi connectivity index (χ4v) is 3.54. The van der Waals surface area contributed by atoms with E-state index in [0.29, 0.717) is 43.7 Å². The molecule has 2 aliphatic heterocycles. The van der Waals surface area contributed by atoms with Gasteiger partial charge in [-0.1, -0.05) is 23.7 Å². The van der Waals surface area contributed by atoms with Gasteiger partial charge in [-0.05, 0) is 42.9 Å². The number of benzene rings is 1. The summed E-state index contributed by atoms with van der Waals surface area (Å²) in [5.74, 6) is -0.888. The van der Waals surface area contributed by atoms with Gasteiger partial charge in [-0.25, -0.2) is 0 Å². The fourth-order valence-electron chi connectivity index (χ4n) is 3.42. The van der Waals surface area contributed by atoms with Crippen molar-refractivity contribution in [3.05, 3.63) is 34.9 Å². The lowest BCUT2D eigenvalue weighted by molar-refractivity contribution is -0.143. The summed E-state index contributed by atoms with van der Waals surface area (Å²) in [6.07, 6.45) is 2.45. The Morgan fingerprint density at radius 1 is 1.15 bits per heavy atom. The minimum Gasteiger partial charge on any atom is -0.381 e. The van der Waals surface area contributed by atoms with E-state index in [9.17, 15) is 14.4 Å². The second-order valence-electron chi connectivity index (χ2n) is 6.83. The summed E-state index contributed by atoms with van der Waals surface area (Å²) in [5.41, 5.74) is 0.880. The molecule has 2 saturated heterocycles. The summed E-state index contributed by atoms with van der Waals surface area (Å²) < 4.78 is 5.29. The van der Waals surface area contributed by atoms with Crippen LogP contribution in [0.1, 0.15) is 31.2 Å². The fraction of sp³-hybridized carbons (Fsp3) is 0.526. The molecule has 0 aliphatic carbocycles. The van der Waals surface area contributed by atoms with E-state index < -0.39 is 17.7 Å². The largest absolute Gasteiger partial charge is 0.381 e. The third kappa shape index (κ3) is 4.62. The smallest absolute Gasteiger partial charge is 0.289 e. The van der Waals surface area contributed by atoms with E-state index in [1.807, 2.05) is 12.1 Å². The monoisotopic (exact) mass is 378 g/mol. The minimum absolute atomic E-state index is 0.101. The molecule has 3 rings (SSSR count). The number of carbonyl (C=O) groups is 3. The van der Waals surface area contributed by atoms with E-state index in [2.05, 4.69) is 5.32 Å². The molecule has 1 atom stereocenters. The van der Waals surface area contributed by atoms with Gasteiger partial charge < -0.3 is 15.0 Å². The number of ether oxygens (including phenoxy) is 1. The molecule has 2 aliphatic rings. The van der Waals surface area contributed by atoms with Crippen molar-refractivity contribution < 1.29 is 19.1 Å². The van der Waals surface area contributed by atoms with E-state index >= 15 is 0 Å². The molecule has 0 spiro atoms. The Morgan fingerprint density at radius 3 is 2.54 bits per heavy atom. The first kappa shape index (κ1) is 18.9. The van der Waals surface area contributed by atoms with Crippen LogP contribution < -0.4 is 5.32 Å². The van der Waals surface area contributed by atoms with Gasteiger partial charge in [-0.15, -0.1) is 0 Å². The van der Waals surface area contributed by atoms with Gasteiger partial charge in [0.25, 0.3) is 5.91 Å². The number of nitrogens with zero attached hydrogens (tertiary/aromatic N) is 1. The third-order valence-electron chi connectivity index (χ3n) is 5.01. The topological polar surface area (TPSA) is 75.7 Å². The summed E-state index contributed by atoms with van der Waals surface area (Å²) in [5, 5.41) is 3.35. The highest BCUT2D eigenvalue weighted by atomic mass is 35.5. The first-order valence-corrected chi connectivity index (χ1v) is 9.36. The average Bonchev–Trinajstić information content (AvgIpc) is 3.02. The molecule has 1 aromatic rings. The van der Waals surface area contributed by atoms with Gasteiger partial charge >= 0.3 is 0 Å². The predicted octanol–water partition coefficient (Wildman–Crippen LogP) is 1.94. The zero-order chi connectivity index (χ0) is 18.5. The maximum absolute atomic E-state index is 12.6. The number of halogens is 1. The zero-order valence-electron chi connectivity index (χ0n) is 14.6. The van der Waals surface area contributed by atoms with Crippen molar-refractivity contribution in [2.24, 2.45) is 5.92 Å². The molecular weight excluding hydrogens is 356 g/mol. The molecular formula is C19H23ClN2O4. The Morgan fingerprint density at radius 2 is 1.85 bits per heavy atom. The average molecular weight is 379 g/mol. The number of amides is 2. The predicted molar refractivity (Wildman–Crippen MR) is 96.6 cm³/mol. The van der Waals surface area contributed by atoms with Crippen LogP contribution in [-0.2, 0) is 25.7 Å². The van der Waals surface area contributed by atoms with Gasteiger partial charge in [-0.3, -0.25) is 14.4 Å². The molecule has 6 nitrogen and oxygen atoms in total. The number of ketones is 1.